The molecule has 0 amide bonds. The maximum atomic E-state index is 11.5. The molecule has 0 saturated carbocycles. The Hall–Kier alpha value is -1.31. The molecule has 0 spiro atoms. The minimum atomic E-state index is -0.450. The summed E-state index contributed by atoms with van der Waals surface area (Å²) in [7, 11) is 0. The average molecular weight is 220 g/mol. The molecule has 0 aliphatic rings. The number of carbonyl (C=O) groups is 1. The lowest BCUT2D eigenvalue weighted by Crippen LogP contribution is -2.31. The fourth-order valence-corrected chi connectivity index (χ4v) is 1.89. The van der Waals surface area contributed by atoms with Crippen molar-refractivity contribution in [2.75, 3.05) is 0 Å². The van der Waals surface area contributed by atoms with Gasteiger partial charge in [-0.2, -0.15) is 0 Å². The van der Waals surface area contributed by atoms with Crippen molar-refractivity contribution in [1.82, 2.24) is 0 Å². The molecule has 0 saturated heterocycles. The van der Waals surface area contributed by atoms with Crippen molar-refractivity contribution >= 4 is 5.97 Å². The molecule has 0 atom stereocenters. The van der Waals surface area contributed by atoms with Gasteiger partial charge >= 0.3 is 5.97 Å². The Morgan fingerprint density at radius 1 is 1.12 bits per heavy atom. The summed E-state index contributed by atoms with van der Waals surface area (Å²) in [6.07, 6.45) is 2.03. The van der Waals surface area contributed by atoms with Gasteiger partial charge in [0, 0.05) is 6.42 Å². The number of hydrogen-bond acceptors (Lipinski definition) is 2. The van der Waals surface area contributed by atoms with Crippen molar-refractivity contribution < 1.29 is 9.53 Å². The quantitative estimate of drug-likeness (QED) is 0.708. The first-order chi connectivity index (χ1) is 7.68. The van der Waals surface area contributed by atoms with E-state index in [2.05, 4.69) is 13.8 Å². The van der Waals surface area contributed by atoms with E-state index in [0.29, 0.717) is 6.42 Å². The summed E-state index contributed by atoms with van der Waals surface area (Å²) in [6.45, 7) is 5.93. The van der Waals surface area contributed by atoms with Crippen molar-refractivity contribution in [2.45, 2.75) is 45.6 Å². The summed E-state index contributed by atoms with van der Waals surface area (Å²) < 4.78 is 5.63. The zero-order valence-corrected chi connectivity index (χ0v) is 10.3. The number of rotatable bonds is 5. The van der Waals surface area contributed by atoms with Gasteiger partial charge in [-0.05, 0) is 18.4 Å². The highest BCUT2D eigenvalue weighted by molar-refractivity contribution is 5.69. The van der Waals surface area contributed by atoms with E-state index < -0.39 is 5.60 Å². The first kappa shape index (κ1) is 12.8. The van der Waals surface area contributed by atoms with E-state index in [0.717, 1.165) is 18.4 Å². The monoisotopic (exact) mass is 220 g/mol. The number of hydrogen-bond donors (Lipinski definition) is 0. The Kier molecular flexibility index (Phi) is 4.53. The Balaban J connectivity index is 3.01. The second kappa shape index (κ2) is 5.69. The normalized spacial score (nSPS) is 11.2. The maximum Gasteiger partial charge on any atom is 0.306 e. The summed E-state index contributed by atoms with van der Waals surface area (Å²) in [5.41, 5.74) is 0.635. The van der Waals surface area contributed by atoms with Crippen LogP contribution in [0.5, 0.6) is 0 Å². The van der Waals surface area contributed by atoms with Gasteiger partial charge in [0.2, 0.25) is 0 Å². The lowest BCUT2D eigenvalue weighted by atomic mass is 9.88. The number of benzene rings is 1. The highest BCUT2D eigenvalue weighted by atomic mass is 16.6. The van der Waals surface area contributed by atoms with Crippen LogP contribution in [0.25, 0.3) is 0 Å². The van der Waals surface area contributed by atoms with Gasteiger partial charge in [-0.1, -0.05) is 51.1 Å². The lowest BCUT2D eigenvalue weighted by molar-refractivity contribution is -0.161. The van der Waals surface area contributed by atoms with Crippen LogP contribution in [-0.2, 0) is 15.1 Å². The molecule has 0 bridgehead atoms. The Morgan fingerprint density at radius 3 is 2.12 bits per heavy atom. The van der Waals surface area contributed by atoms with Gasteiger partial charge < -0.3 is 4.74 Å². The Bertz CT molecular complexity index is 326. The maximum absolute atomic E-state index is 11.5. The van der Waals surface area contributed by atoms with E-state index in [1.54, 1.807) is 0 Å². The van der Waals surface area contributed by atoms with Crippen LogP contribution >= 0.6 is 0 Å². The molecule has 0 heterocycles. The average Bonchev–Trinajstić information content (AvgIpc) is 2.37. The lowest BCUT2D eigenvalue weighted by Gasteiger charge is -2.32. The molecule has 0 aliphatic heterocycles. The predicted octanol–water partition coefficient (Wildman–Crippen LogP) is 3.66. The van der Waals surface area contributed by atoms with Crippen molar-refractivity contribution in [1.29, 1.82) is 0 Å². The SMILES string of the molecule is CCC(=O)OC(CC)(CC)c1ccccc1. The van der Waals surface area contributed by atoms with Crippen LogP contribution in [0.15, 0.2) is 30.3 Å². The third-order valence-electron chi connectivity index (χ3n) is 3.04. The molecule has 2 heteroatoms. The van der Waals surface area contributed by atoms with Gasteiger partial charge in [0.05, 0.1) is 0 Å². The second-order valence-corrected chi connectivity index (χ2v) is 3.90. The largest absolute Gasteiger partial charge is 0.454 e. The van der Waals surface area contributed by atoms with Gasteiger partial charge in [-0.15, -0.1) is 0 Å². The van der Waals surface area contributed by atoms with Crippen LogP contribution in [0.2, 0.25) is 0 Å². The number of esters is 1. The van der Waals surface area contributed by atoms with Crippen LogP contribution in [0, 0.1) is 0 Å². The highest BCUT2D eigenvalue weighted by Gasteiger charge is 2.31. The molecule has 0 aliphatic carbocycles. The highest BCUT2D eigenvalue weighted by Crippen LogP contribution is 2.33. The van der Waals surface area contributed by atoms with Crippen LogP contribution < -0.4 is 0 Å². The molecular weight excluding hydrogens is 200 g/mol. The molecule has 1 aromatic rings. The molecule has 0 unspecified atom stereocenters. The minimum Gasteiger partial charge on any atom is -0.454 e. The molecule has 1 rings (SSSR count). The van der Waals surface area contributed by atoms with E-state index >= 15 is 0 Å². The molecule has 0 aromatic heterocycles. The fraction of sp³-hybridized carbons (Fsp3) is 0.500. The molecule has 0 radical (unpaired) electrons. The third kappa shape index (κ3) is 2.63. The first-order valence-corrected chi connectivity index (χ1v) is 5.96. The van der Waals surface area contributed by atoms with Crippen LogP contribution in [0.4, 0.5) is 0 Å². The number of ether oxygens (including phenoxy) is 1. The molecular formula is C14H20O2. The standard InChI is InChI=1S/C14H20O2/c1-4-13(15)16-14(5-2,6-3)12-10-8-7-9-11-12/h7-11H,4-6H2,1-3H3. The van der Waals surface area contributed by atoms with E-state index in [-0.39, 0.29) is 5.97 Å². The first-order valence-electron chi connectivity index (χ1n) is 5.96. The van der Waals surface area contributed by atoms with Gasteiger partial charge in [0.1, 0.15) is 5.60 Å². The predicted molar refractivity (Wildman–Crippen MR) is 65.1 cm³/mol. The third-order valence-corrected chi connectivity index (χ3v) is 3.04. The number of carbonyl (C=O) groups excluding carboxylic acids is 1. The second-order valence-electron chi connectivity index (χ2n) is 3.90. The van der Waals surface area contributed by atoms with E-state index in [9.17, 15) is 4.79 Å². The zero-order chi connectivity index (χ0) is 12.0. The Labute approximate surface area is 97.6 Å². The topological polar surface area (TPSA) is 26.3 Å². The molecule has 0 fully saturated rings. The smallest absolute Gasteiger partial charge is 0.306 e. The van der Waals surface area contributed by atoms with Crippen molar-refractivity contribution in [3.8, 4) is 0 Å². The summed E-state index contributed by atoms with van der Waals surface area (Å²) in [4.78, 5) is 11.5. The van der Waals surface area contributed by atoms with Crippen LogP contribution in [0.3, 0.4) is 0 Å². The molecule has 88 valence electrons. The van der Waals surface area contributed by atoms with Gasteiger partial charge in [-0.3, -0.25) is 4.79 Å². The van der Waals surface area contributed by atoms with Crippen molar-refractivity contribution in [3.05, 3.63) is 35.9 Å². The Morgan fingerprint density at radius 2 is 1.69 bits per heavy atom. The van der Waals surface area contributed by atoms with Crippen molar-refractivity contribution in [3.63, 3.8) is 0 Å². The summed E-state index contributed by atoms with van der Waals surface area (Å²) in [5, 5.41) is 0. The molecule has 0 N–H and O–H groups in total. The summed E-state index contributed by atoms with van der Waals surface area (Å²) in [6, 6.07) is 9.98. The van der Waals surface area contributed by atoms with Gasteiger partial charge in [0.15, 0.2) is 0 Å². The molecule has 16 heavy (non-hydrogen) atoms. The zero-order valence-electron chi connectivity index (χ0n) is 10.3. The minimum absolute atomic E-state index is 0.132. The van der Waals surface area contributed by atoms with Crippen LogP contribution in [0.1, 0.15) is 45.6 Å². The summed E-state index contributed by atoms with van der Waals surface area (Å²) in [5.74, 6) is -0.132. The summed E-state index contributed by atoms with van der Waals surface area (Å²) >= 11 is 0. The van der Waals surface area contributed by atoms with Crippen LogP contribution in [-0.4, -0.2) is 5.97 Å². The molecule has 2 nitrogen and oxygen atoms in total. The van der Waals surface area contributed by atoms with E-state index in [4.69, 9.17) is 4.74 Å². The van der Waals surface area contributed by atoms with Gasteiger partial charge in [-0.25, -0.2) is 0 Å². The van der Waals surface area contributed by atoms with Gasteiger partial charge in [0.25, 0.3) is 0 Å². The molecule has 1 aromatic carbocycles. The van der Waals surface area contributed by atoms with Crippen molar-refractivity contribution in [2.24, 2.45) is 0 Å². The fourth-order valence-electron chi connectivity index (χ4n) is 1.89. The van der Waals surface area contributed by atoms with E-state index in [1.165, 1.54) is 0 Å². The van der Waals surface area contributed by atoms with E-state index in [1.807, 2.05) is 37.3 Å².